The van der Waals surface area contributed by atoms with Gasteiger partial charge in [-0.15, -0.1) is 0 Å². The van der Waals surface area contributed by atoms with Gasteiger partial charge in [0.25, 0.3) is 5.91 Å². The molecule has 1 amide bonds. The summed E-state index contributed by atoms with van der Waals surface area (Å²) in [6.45, 7) is 2.84. The standard InChI is InChI=1S/C25H37FN4O3S2.O.Tc/c1-28(33-2)25(32)24-21(18-4-6-19(26)7-5-18)16-20-8-9-22(24)30(20)12-3-11-29(13-15-35)17-23(31)27-10-14-34;;/h4-7,20,22,34-35H,3,8-17H2,1-2H3,(H,27,31);;/q;-2;+5/p-3. The third kappa shape index (κ3) is 9.03. The summed E-state index contributed by atoms with van der Waals surface area (Å²) in [5, 5.41) is 13.3. The maximum Gasteiger partial charge on any atom is 5.00 e. The third-order valence-corrected chi connectivity index (χ3v) is 7.13. The van der Waals surface area contributed by atoms with Gasteiger partial charge in [-0.2, -0.15) is 11.5 Å². The molecular formula is C25H34FN4O4S2Tc. The van der Waals surface area contributed by atoms with E-state index in [0.29, 0.717) is 30.6 Å². The van der Waals surface area contributed by atoms with Gasteiger partial charge in [-0.3, -0.25) is 14.5 Å². The number of carbonyl (C=O) groups excluding carboxylic acids is 1. The summed E-state index contributed by atoms with van der Waals surface area (Å²) >= 11 is 10.0. The number of fused-ring (bicyclic) bond motifs is 2. The smallest absolute Gasteiger partial charge is 2.00 e. The molecule has 0 N–H and O–H groups in total. The second-order valence-electron chi connectivity index (χ2n) is 8.89. The van der Waals surface area contributed by atoms with Crippen molar-refractivity contribution in [3.63, 3.8) is 0 Å². The number of rotatable bonds is 13. The van der Waals surface area contributed by atoms with E-state index in [1.165, 1.54) is 24.3 Å². The fraction of sp³-hybridized carbons (Fsp3) is 0.600. The van der Waals surface area contributed by atoms with Crippen LogP contribution in [0.5, 0.6) is 0 Å². The van der Waals surface area contributed by atoms with Crippen molar-refractivity contribution < 1.29 is 44.7 Å². The Morgan fingerprint density at radius 1 is 1.22 bits per heavy atom. The van der Waals surface area contributed by atoms with Crippen LogP contribution in [0, 0.1) is 5.82 Å². The largest absolute Gasteiger partial charge is 5.00 e. The van der Waals surface area contributed by atoms with Gasteiger partial charge in [0.2, 0.25) is 0 Å². The van der Waals surface area contributed by atoms with Gasteiger partial charge in [0.05, 0.1) is 7.11 Å². The molecule has 2 aliphatic rings. The number of likely N-dealkylation sites (N-methyl/N-ethyl adjacent to an activating group) is 1. The summed E-state index contributed by atoms with van der Waals surface area (Å²) in [5.41, 5.74) is 2.59. The molecule has 2 unspecified atom stereocenters. The van der Waals surface area contributed by atoms with Gasteiger partial charge in [-0.05, 0) is 67.9 Å². The van der Waals surface area contributed by atoms with Crippen LogP contribution in [0.25, 0.3) is 5.57 Å². The van der Waals surface area contributed by atoms with Crippen molar-refractivity contribution in [1.29, 1.82) is 0 Å². The first-order chi connectivity index (χ1) is 16.9. The third-order valence-electron chi connectivity index (χ3n) is 6.76. The Balaban J connectivity index is 0.00000342. The van der Waals surface area contributed by atoms with Crippen LogP contribution < -0.4 is 5.11 Å². The van der Waals surface area contributed by atoms with Gasteiger partial charge in [0, 0.05) is 44.3 Å². The Morgan fingerprint density at radius 3 is 2.54 bits per heavy atom. The summed E-state index contributed by atoms with van der Waals surface area (Å²) in [5.74, 6) is 0.380. The average Bonchev–Trinajstić information content (AvgIpc) is 3.12. The van der Waals surface area contributed by atoms with Crippen molar-refractivity contribution >= 4 is 42.6 Å². The van der Waals surface area contributed by atoms with Crippen molar-refractivity contribution in [2.45, 2.75) is 37.8 Å². The van der Waals surface area contributed by atoms with Crippen LogP contribution in [-0.4, -0.2) is 97.1 Å². The summed E-state index contributed by atoms with van der Waals surface area (Å²) in [6, 6.07) is 6.68. The first-order valence-corrected chi connectivity index (χ1v) is 13.2. The van der Waals surface area contributed by atoms with Gasteiger partial charge in [0.15, 0.2) is 0 Å². The Kier molecular flexibility index (Phi) is 15.5. The predicted octanol–water partition coefficient (Wildman–Crippen LogP) is 1.26. The molecule has 1 aromatic carbocycles. The number of hydrogen-bond donors (Lipinski definition) is 0. The minimum atomic E-state index is -0.296. The second kappa shape index (κ2) is 16.9. The quantitative estimate of drug-likeness (QED) is 0.139. The van der Waals surface area contributed by atoms with Crippen LogP contribution in [0.15, 0.2) is 34.8 Å². The molecule has 1 aromatic rings. The normalized spacial score (nSPS) is 19.6. The van der Waals surface area contributed by atoms with Crippen LogP contribution in [0.2, 0.25) is 0 Å². The molecule has 0 spiro atoms. The molecule has 1 fully saturated rings. The molecule has 0 aromatic heterocycles. The van der Waals surface area contributed by atoms with Crippen molar-refractivity contribution in [3.05, 3.63) is 41.2 Å². The van der Waals surface area contributed by atoms with E-state index in [1.807, 2.05) is 0 Å². The topological polar surface area (TPSA) is 99.9 Å². The number of carbonyl (C=O) groups is 1. The molecule has 1 saturated heterocycles. The first kappa shape index (κ1) is 34.0. The number of nitrogens with zero attached hydrogens (tertiary/aromatic N) is 4. The average molecular weight is 636 g/mol. The molecule has 0 saturated carbocycles. The zero-order valence-corrected chi connectivity index (χ0v) is 24.7. The summed E-state index contributed by atoms with van der Waals surface area (Å²) < 4.78 is 13.6. The second-order valence-corrected chi connectivity index (χ2v) is 9.70. The van der Waals surface area contributed by atoms with Gasteiger partial charge in [0.1, 0.15) is 5.82 Å². The molecule has 2 atom stereocenters. The molecule has 12 heteroatoms. The summed E-state index contributed by atoms with van der Waals surface area (Å²) in [7, 11) is 3.09. The maximum absolute atomic E-state index is 13.6. The van der Waals surface area contributed by atoms with Crippen LogP contribution in [0.4, 0.5) is 4.39 Å². The van der Waals surface area contributed by atoms with Crippen LogP contribution in [-0.2, 0) is 60.5 Å². The van der Waals surface area contributed by atoms with E-state index >= 15 is 0 Å². The molecule has 204 valence electrons. The van der Waals surface area contributed by atoms with E-state index in [0.717, 1.165) is 55.5 Å². The van der Waals surface area contributed by atoms with Gasteiger partial charge in [-0.25, -0.2) is 9.45 Å². The van der Waals surface area contributed by atoms with E-state index in [-0.39, 0.29) is 55.8 Å². The molecule has 2 bridgehead atoms. The van der Waals surface area contributed by atoms with E-state index < -0.39 is 0 Å². The zero-order chi connectivity index (χ0) is 25.4. The molecule has 2 aliphatic heterocycles. The van der Waals surface area contributed by atoms with Crippen molar-refractivity contribution in [2.24, 2.45) is 4.99 Å². The molecule has 0 aliphatic carbocycles. The molecular weight excluding hydrogens is 601 g/mol. The van der Waals surface area contributed by atoms with Crippen LogP contribution in [0.1, 0.15) is 31.2 Å². The summed E-state index contributed by atoms with van der Waals surface area (Å²) in [6.07, 6.45) is 3.47. The van der Waals surface area contributed by atoms with Crippen molar-refractivity contribution in [3.8, 4) is 0 Å². The van der Waals surface area contributed by atoms with Crippen LogP contribution >= 0.6 is 0 Å². The zero-order valence-electron chi connectivity index (χ0n) is 21.2. The number of benzene rings is 1. The SMILES string of the molecule is CON(C)C(=O)C1=C(c2ccc(F)cc2)CC2CCC1N2CCCN(CC[S-])CC([O-])=NCC[S-].[O-2].[Tc+5]. The van der Waals surface area contributed by atoms with E-state index in [4.69, 9.17) is 30.1 Å². The van der Waals surface area contributed by atoms with E-state index in [2.05, 4.69) is 14.8 Å². The Labute approximate surface area is 243 Å². The number of amides is 1. The van der Waals surface area contributed by atoms with Crippen LogP contribution in [0.3, 0.4) is 0 Å². The van der Waals surface area contributed by atoms with E-state index in [9.17, 15) is 14.3 Å². The number of halogens is 1. The fourth-order valence-corrected chi connectivity index (χ4v) is 5.44. The van der Waals surface area contributed by atoms with Crippen molar-refractivity contribution in [1.82, 2.24) is 14.9 Å². The van der Waals surface area contributed by atoms with Gasteiger partial charge in [-0.1, -0.05) is 12.1 Å². The Hall–Kier alpha value is -0.981. The van der Waals surface area contributed by atoms with Crippen molar-refractivity contribution in [2.75, 3.05) is 58.4 Å². The van der Waals surface area contributed by atoms with Gasteiger partial charge >= 0.3 is 20.1 Å². The number of hydrogen-bond acceptors (Lipinski definition) is 8. The molecule has 3 rings (SSSR count). The first-order valence-electron chi connectivity index (χ1n) is 12.0. The molecule has 2 heterocycles. The fourth-order valence-electron chi connectivity index (χ4n) is 5.09. The summed E-state index contributed by atoms with van der Waals surface area (Å²) in [4.78, 5) is 27.0. The minimum Gasteiger partial charge on any atom is -2.00 e. The Bertz CT molecular complexity index is 922. The molecule has 37 heavy (non-hydrogen) atoms. The van der Waals surface area contributed by atoms with Gasteiger partial charge < -0.3 is 45.7 Å². The number of hydroxylamine groups is 2. The Morgan fingerprint density at radius 2 is 1.92 bits per heavy atom. The predicted molar refractivity (Wildman–Crippen MR) is 140 cm³/mol. The number of aliphatic imine (C=N–C) groups is 1. The molecule has 8 nitrogen and oxygen atoms in total. The van der Waals surface area contributed by atoms with E-state index in [1.54, 1.807) is 19.2 Å². The maximum atomic E-state index is 13.6. The minimum absolute atomic E-state index is 0. The monoisotopic (exact) mass is 634 g/mol. The molecule has 0 radical (unpaired) electrons.